The van der Waals surface area contributed by atoms with E-state index in [2.05, 4.69) is 0 Å². The summed E-state index contributed by atoms with van der Waals surface area (Å²) in [4.78, 5) is 23.9. The highest BCUT2D eigenvalue weighted by molar-refractivity contribution is 5.89. The molecule has 0 spiro atoms. The summed E-state index contributed by atoms with van der Waals surface area (Å²) in [5, 5.41) is 0. The molecule has 2 atom stereocenters. The molecule has 1 aliphatic rings. The molecule has 25 heavy (non-hydrogen) atoms. The van der Waals surface area contributed by atoms with Crippen LogP contribution in [0, 0.1) is 0 Å². The summed E-state index contributed by atoms with van der Waals surface area (Å²) in [6.07, 6.45) is 0.188. The summed E-state index contributed by atoms with van der Waals surface area (Å²) in [5.74, 6) is -0.0769. The number of carbonyl (C=O) groups is 2. The minimum Gasteiger partial charge on any atom is -0.497 e. The van der Waals surface area contributed by atoms with Gasteiger partial charge in [0, 0.05) is 6.92 Å². The number of fused-ring (bicyclic) bond motifs is 1. The molecule has 0 bridgehead atoms. The first-order chi connectivity index (χ1) is 12.1. The van der Waals surface area contributed by atoms with Gasteiger partial charge in [-0.15, -0.1) is 0 Å². The Balaban J connectivity index is 1.91. The zero-order valence-electron chi connectivity index (χ0n) is 14.2. The van der Waals surface area contributed by atoms with Crippen LogP contribution < -0.4 is 4.74 Å². The third kappa shape index (κ3) is 3.82. The number of hydrogen-bond donors (Lipinski definition) is 0. The number of aryl methyl sites for hydroxylation is 1. The van der Waals surface area contributed by atoms with Crippen molar-refractivity contribution >= 4 is 11.9 Å². The first-order valence-electron chi connectivity index (χ1n) is 8.18. The van der Waals surface area contributed by atoms with Crippen LogP contribution in [0.4, 0.5) is 0 Å². The number of benzene rings is 2. The number of rotatable bonds is 4. The predicted molar refractivity (Wildman–Crippen MR) is 91.5 cm³/mol. The van der Waals surface area contributed by atoms with Gasteiger partial charge in [-0.3, -0.25) is 4.79 Å². The molecule has 0 N–H and O–H groups in total. The van der Waals surface area contributed by atoms with Gasteiger partial charge >= 0.3 is 11.9 Å². The molecular weight excluding hydrogens is 320 g/mol. The summed E-state index contributed by atoms with van der Waals surface area (Å²) in [7, 11) is 1.61. The van der Waals surface area contributed by atoms with Crippen molar-refractivity contribution < 1.29 is 23.8 Å². The minimum absolute atomic E-state index is 0.386. The lowest BCUT2D eigenvalue weighted by atomic mass is 9.87. The van der Waals surface area contributed by atoms with Crippen molar-refractivity contribution in [3.05, 3.63) is 65.2 Å². The van der Waals surface area contributed by atoms with Gasteiger partial charge in [-0.1, -0.05) is 24.3 Å². The fourth-order valence-corrected chi connectivity index (χ4v) is 3.08. The second-order valence-corrected chi connectivity index (χ2v) is 5.94. The van der Waals surface area contributed by atoms with E-state index < -0.39 is 18.2 Å². The van der Waals surface area contributed by atoms with Crippen molar-refractivity contribution in [2.75, 3.05) is 7.11 Å². The van der Waals surface area contributed by atoms with Gasteiger partial charge in [0.25, 0.3) is 0 Å². The number of carbonyl (C=O) groups excluding carboxylic acids is 2. The molecular formula is C20H20O5. The zero-order valence-corrected chi connectivity index (χ0v) is 14.2. The van der Waals surface area contributed by atoms with E-state index in [1.807, 2.05) is 24.3 Å². The zero-order chi connectivity index (χ0) is 17.8. The van der Waals surface area contributed by atoms with Gasteiger partial charge in [-0.25, -0.2) is 4.79 Å². The number of hydrogen-bond acceptors (Lipinski definition) is 5. The van der Waals surface area contributed by atoms with E-state index in [1.54, 1.807) is 31.4 Å². The molecule has 0 unspecified atom stereocenters. The molecule has 0 aliphatic heterocycles. The molecule has 0 saturated heterocycles. The second kappa shape index (κ2) is 7.38. The van der Waals surface area contributed by atoms with Crippen LogP contribution in [0.5, 0.6) is 5.75 Å². The molecule has 0 radical (unpaired) electrons. The van der Waals surface area contributed by atoms with Gasteiger partial charge in [0.1, 0.15) is 11.9 Å². The SMILES string of the molecule is COc1ccc2c(c1)CC[C@@H](OC(C)=O)[C@@H]2OC(=O)c1ccccc1. The van der Waals surface area contributed by atoms with Crippen LogP contribution in [-0.4, -0.2) is 25.2 Å². The normalized spacial score (nSPS) is 18.8. The highest BCUT2D eigenvalue weighted by atomic mass is 16.6. The Kier molecular flexibility index (Phi) is 5.03. The Bertz CT molecular complexity index is 769. The highest BCUT2D eigenvalue weighted by Crippen LogP contribution is 2.37. The smallest absolute Gasteiger partial charge is 0.338 e. The van der Waals surface area contributed by atoms with Crippen LogP contribution in [0.1, 0.15) is 40.9 Å². The van der Waals surface area contributed by atoms with E-state index in [9.17, 15) is 9.59 Å². The van der Waals surface area contributed by atoms with Crippen molar-refractivity contribution in [3.8, 4) is 5.75 Å². The summed E-state index contributed by atoms with van der Waals surface area (Å²) >= 11 is 0. The molecule has 5 nitrogen and oxygen atoms in total. The molecule has 2 aromatic rings. The third-order valence-corrected chi connectivity index (χ3v) is 4.25. The van der Waals surface area contributed by atoms with E-state index in [0.717, 1.165) is 23.3 Å². The van der Waals surface area contributed by atoms with Crippen molar-refractivity contribution in [3.63, 3.8) is 0 Å². The molecule has 1 aliphatic carbocycles. The van der Waals surface area contributed by atoms with Gasteiger partial charge < -0.3 is 14.2 Å². The van der Waals surface area contributed by atoms with Gasteiger partial charge in [0.05, 0.1) is 12.7 Å². The van der Waals surface area contributed by atoms with Crippen molar-refractivity contribution in [2.24, 2.45) is 0 Å². The molecule has 5 heteroatoms. The van der Waals surface area contributed by atoms with Crippen LogP contribution in [0.2, 0.25) is 0 Å². The predicted octanol–water partition coefficient (Wildman–Crippen LogP) is 3.47. The maximum absolute atomic E-state index is 12.5. The Morgan fingerprint density at radius 2 is 1.80 bits per heavy atom. The van der Waals surface area contributed by atoms with Gasteiger partial charge in [0.15, 0.2) is 6.10 Å². The molecule has 0 saturated carbocycles. The molecule has 0 aromatic heterocycles. The van der Waals surface area contributed by atoms with Crippen LogP contribution in [0.15, 0.2) is 48.5 Å². The lowest BCUT2D eigenvalue weighted by Gasteiger charge is -2.32. The first-order valence-corrected chi connectivity index (χ1v) is 8.18. The highest BCUT2D eigenvalue weighted by Gasteiger charge is 2.35. The molecule has 0 amide bonds. The van der Waals surface area contributed by atoms with Crippen molar-refractivity contribution in [1.82, 2.24) is 0 Å². The summed E-state index contributed by atoms with van der Waals surface area (Å²) in [6.45, 7) is 1.36. The van der Waals surface area contributed by atoms with Crippen LogP contribution in [0.25, 0.3) is 0 Å². The minimum atomic E-state index is -0.633. The van der Waals surface area contributed by atoms with E-state index in [1.165, 1.54) is 6.92 Å². The number of esters is 2. The van der Waals surface area contributed by atoms with Crippen LogP contribution >= 0.6 is 0 Å². The molecule has 130 valence electrons. The van der Waals surface area contributed by atoms with E-state index in [0.29, 0.717) is 12.0 Å². The quantitative estimate of drug-likeness (QED) is 0.798. The van der Waals surface area contributed by atoms with E-state index >= 15 is 0 Å². The van der Waals surface area contributed by atoms with Crippen LogP contribution in [0.3, 0.4) is 0 Å². The first kappa shape index (κ1) is 17.0. The van der Waals surface area contributed by atoms with Crippen LogP contribution in [-0.2, 0) is 20.7 Å². The Hall–Kier alpha value is -2.82. The monoisotopic (exact) mass is 340 g/mol. The summed E-state index contributed by atoms with van der Waals surface area (Å²) < 4.78 is 16.4. The fourth-order valence-electron chi connectivity index (χ4n) is 3.08. The lowest BCUT2D eigenvalue weighted by Crippen LogP contribution is -2.33. The fraction of sp³-hybridized carbons (Fsp3) is 0.300. The molecule has 3 rings (SSSR count). The van der Waals surface area contributed by atoms with Gasteiger partial charge in [-0.05, 0) is 48.2 Å². The standard InChI is InChI=1S/C20H20O5/c1-13(21)24-18-11-8-15-12-16(23-2)9-10-17(15)19(18)25-20(22)14-6-4-3-5-7-14/h3-7,9-10,12,18-19H,8,11H2,1-2H3/t18-,19-/m1/s1. The second-order valence-electron chi connectivity index (χ2n) is 5.94. The number of methoxy groups -OCH3 is 1. The Morgan fingerprint density at radius 1 is 1.04 bits per heavy atom. The topological polar surface area (TPSA) is 61.8 Å². The Morgan fingerprint density at radius 3 is 2.48 bits per heavy atom. The molecule has 0 fully saturated rings. The van der Waals surface area contributed by atoms with Crippen molar-refractivity contribution in [2.45, 2.75) is 32.0 Å². The maximum Gasteiger partial charge on any atom is 0.338 e. The maximum atomic E-state index is 12.5. The summed E-state index contributed by atoms with van der Waals surface area (Å²) in [5.41, 5.74) is 2.35. The van der Waals surface area contributed by atoms with E-state index in [4.69, 9.17) is 14.2 Å². The van der Waals surface area contributed by atoms with Gasteiger partial charge in [-0.2, -0.15) is 0 Å². The number of ether oxygens (including phenoxy) is 3. The average Bonchev–Trinajstić information content (AvgIpc) is 2.63. The lowest BCUT2D eigenvalue weighted by molar-refractivity contribution is -0.154. The Labute approximate surface area is 146 Å². The summed E-state index contributed by atoms with van der Waals surface area (Å²) in [6, 6.07) is 14.4. The van der Waals surface area contributed by atoms with Crippen molar-refractivity contribution in [1.29, 1.82) is 0 Å². The van der Waals surface area contributed by atoms with E-state index in [-0.39, 0.29) is 5.97 Å². The van der Waals surface area contributed by atoms with Gasteiger partial charge in [0.2, 0.25) is 0 Å². The molecule has 0 heterocycles. The largest absolute Gasteiger partial charge is 0.497 e. The average molecular weight is 340 g/mol. The third-order valence-electron chi connectivity index (χ3n) is 4.25. The molecule has 2 aromatic carbocycles.